The van der Waals surface area contributed by atoms with Gasteiger partial charge in [-0.3, -0.25) is 4.98 Å². The molecule has 38 heavy (non-hydrogen) atoms. The molecule has 0 radical (unpaired) electrons. The van der Waals surface area contributed by atoms with Gasteiger partial charge in [0, 0.05) is 43.1 Å². The maximum atomic E-state index is 14.0. The molecule has 1 fully saturated rings. The molecule has 6 rings (SSSR count). The van der Waals surface area contributed by atoms with Gasteiger partial charge in [0.2, 0.25) is 0 Å². The summed E-state index contributed by atoms with van der Waals surface area (Å²) in [5, 5.41) is 3.55. The van der Waals surface area contributed by atoms with Crippen LogP contribution in [0.5, 0.6) is 0 Å². The Morgan fingerprint density at radius 2 is 1.82 bits per heavy atom. The van der Waals surface area contributed by atoms with Gasteiger partial charge in [-0.15, -0.1) is 11.3 Å². The number of aromatic nitrogens is 2. The predicted octanol–water partition coefficient (Wildman–Crippen LogP) is 7.31. The van der Waals surface area contributed by atoms with E-state index in [9.17, 15) is 4.39 Å². The monoisotopic (exact) mass is 524 g/mol. The summed E-state index contributed by atoms with van der Waals surface area (Å²) in [6, 6.07) is 22.3. The lowest BCUT2D eigenvalue weighted by atomic mass is 9.97. The van der Waals surface area contributed by atoms with Crippen LogP contribution in [0.4, 0.5) is 15.8 Å². The van der Waals surface area contributed by atoms with Crippen molar-refractivity contribution in [2.24, 2.45) is 0 Å². The zero-order chi connectivity index (χ0) is 25.9. The molecule has 0 atom stereocenters. The third-order valence-corrected chi connectivity index (χ3v) is 7.77. The zero-order valence-electron chi connectivity index (χ0n) is 21.3. The summed E-state index contributed by atoms with van der Waals surface area (Å²) in [6.45, 7) is 6.05. The van der Waals surface area contributed by atoms with Crippen molar-refractivity contribution in [1.29, 1.82) is 0 Å². The Bertz CT molecular complexity index is 1560. The van der Waals surface area contributed by atoms with Gasteiger partial charge in [-0.25, -0.2) is 9.37 Å². The molecule has 1 saturated heterocycles. The molecule has 3 aromatic carbocycles. The van der Waals surface area contributed by atoms with Crippen molar-refractivity contribution in [3.05, 3.63) is 95.4 Å². The molecule has 0 spiro atoms. The topological polar surface area (TPSA) is 50.3 Å². The first-order valence-corrected chi connectivity index (χ1v) is 13.8. The molecule has 7 heteroatoms. The van der Waals surface area contributed by atoms with Crippen molar-refractivity contribution in [2.75, 3.05) is 36.5 Å². The summed E-state index contributed by atoms with van der Waals surface area (Å²) in [7, 11) is 0. The quantitative estimate of drug-likeness (QED) is 0.252. The molecule has 0 saturated carbocycles. The number of ether oxygens (including phenoxy) is 1. The van der Waals surface area contributed by atoms with Crippen LogP contribution in [-0.4, -0.2) is 36.3 Å². The molecule has 1 aliphatic rings. The van der Waals surface area contributed by atoms with Crippen LogP contribution in [0.2, 0.25) is 0 Å². The molecule has 0 unspecified atom stereocenters. The first kappa shape index (κ1) is 24.5. The van der Waals surface area contributed by atoms with Crippen LogP contribution < -0.4 is 10.2 Å². The maximum Gasteiger partial charge on any atom is 0.126 e. The Labute approximate surface area is 226 Å². The number of rotatable bonds is 6. The number of hydrogen-bond acceptors (Lipinski definition) is 6. The van der Waals surface area contributed by atoms with E-state index >= 15 is 0 Å². The van der Waals surface area contributed by atoms with Gasteiger partial charge in [-0.2, -0.15) is 0 Å². The fourth-order valence-corrected chi connectivity index (χ4v) is 5.58. The van der Waals surface area contributed by atoms with Crippen molar-refractivity contribution in [3.63, 3.8) is 0 Å². The molecule has 0 amide bonds. The Morgan fingerprint density at radius 1 is 0.947 bits per heavy atom. The SMILES string of the molecule is Cc1cc(-c2ncc(NCc3ccc(N4CCCOCC4)cc3)cc2-c2ccc3ncsc3c2)ccc1F. The number of hydrogen-bond donors (Lipinski definition) is 1. The molecule has 0 bridgehead atoms. The highest BCUT2D eigenvalue weighted by atomic mass is 32.1. The molecule has 2 aromatic heterocycles. The van der Waals surface area contributed by atoms with Crippen molar-refractivity contribution in [1.82, 2.24) is 9.97 Å². The highest BCUT2D eigenvalue weighted by molar-refractivity contribution is 7.16. The second kappa shape index (κ2) is 10.9. The molecular formula is C31H29FN4OS. The van der Waals surface area contributed by atoms with Gasteiger partial charge in [0.1, 0.15) is 5.82 Å². The van der Waals surface area contributed by atoms with Crippen molar-refractivity contribution < 1.29 is 9.13 Å². The number of pyridine rings is 1. The molecule has 1 N–H and O–H groups in total. The average molecular weight is 525 g/mol. The summed E-state index contributed by atoms with van der Waals surface area (Å²) in [6.07, 6.45) is 2.91. The van der Waals surface area contributed by atoms with E-state index in [0.717, 1.165) is 71.0 Å². The van der Waals surface area contributed by atoms with Gasteiger partial charge in [-0.05, 0) is 78.6 Å². The highest BCUT2D eigenvalue weighted by Gasteiger charge is 2.14. The van der Waals surface area contributed by atoms with Gasteiger partial charge in [0.05, 0.1) is 39.9 Å². The lowest BCUT2D eigenvalue weighted by Crippen LogP contribution is -2.25. The summed E-state index contributed by atoms with van der Waals surface area (Å²) < 4.78 is 20.7. The van der Waals surface area contributed by atoms with Crippen LogP contribution in [0.3, 0.4) is 0 Å². The lowest BCUT2D eigenvalue weighted by Gasteiger charge is -2.22. The van der Waals surface area contributed by atoms with E-state index in [2.05, 4.69) is 57.7 Å². The number of anilines is 2. The third kappa shape index (κ3) is 5.26. The standard InChI is InChI=1S/C31H29FN4OS/c1-21-15-24(5-9-28(21)32)31-27(23-6-10-29-30(16-23)38-20-35-29)17-25(19-34-31)33-18-22-3-7-26(8-4-22)36-11-2-13-37-14-12-36/h3-10,15-17,19-20,33H,2,11-14,18H2,1H3. The predicted molar refractivity (Wildman–Crippen MR) is 154 cm³/mol. The van der Waals surface area contributed by atoms with E-state index < -0.39 is 0 Å². The van der Waals surface area contributed by atoms with E-state index in [-0.39, 0.29) is 5.82 Å². The Hall–Kier alpha value is -3.81. The van der Waals surface area contributed by atoms with Gasteiger partial charge in [0.15, 0.2) is 0 Å². The number of fused-ring (bicyclic) bond motifs is 1. The van der Waals surface area contributed by atoms with E-state index in [1.54, 1.807) is 24.3 Å². The number of thiazole rings is 1. The second-order valence-corrected chi connectivity index (χ2v) is 10.5. The molecule has 1 aliphatic heterocycles. The molecule has 0 aliphatic carbocycles. The number of halogens is 1. The second-order valence-electron chi connectivity index (χ2n) is 9.59. The van der Waals surface area contributed by atoms with Gasteiger partial charge in [-0.1, -0.05) is 18.2 Å². The minimum absolute atomic E-state index is 0.213. The third-order valence-electron chi connectivity index (χ3n) is 6.98. The molecular weight excluding hydrogens is 495 g/mol. The van der Waals surface area contributed by atoms with Crippen LogP contribution in [0.1, 0.15) is 17.5 Å². The van der Waals surface area contributed by atoms with Crippen LogP contribution >= 0.6 is 11.3 Å². The van der Waals surface area contributed by atoms with E-state index in [1.165, 1.54) is 17.3 Å². The Balaban J connectivity index is 1.27. The maximum absolute atomic E-state index is 14.0. The van der Waals surface area contributed by atoms with Crippen molar-refractivity contribution in [3.8, 4) is 22.4 Å². The number of benzene rings is 3. The fraction of sp³-hybridized carbons (Fsp3) is 0.226. The first-order valence-electron chi connectivity index (χ1n) is 12.9. The molecule has 192 valence electrons. The van der Waals surface area contributed by atoms with Crippen LogP contribution in [-0.2, 0) is 11.3 Å². The van der Waals surface area contributed by atoms with Gasteiger partial charge >= 0.3 is 0 Å². The zero-order valence-corrected chi connectivity index (χ0v) is 22.1. The summed E-state index contributed by atoms with van der Waals surface area (Å²) in [4.78, 5) is 11.6. The van der Waals surface area contributed by atoms with Gasteiger partial charge in [0.25, 0.3) is 0 Å². The van der Waals surface area contributed by atoms with Crippen molar-refractivity contribution >= 4 is 32.9 Å². The molecule has 3 heterocycles. The summed E-state index contributed by atoms with van der Waals surface area (Å²) in [5.74, 6) is -0.213. The minimum Gasteiger partial charge on any atom is -0.380 e. The highest BCUT2D eigenvalue weighted by Crippen LogP contribution is 2.35. The Morgan fingerprint density at radius 3 is 2.68 bits per heavy atom. The number of nitrogens with one attached hydrogen (secondary N) is 1. The number of nitrogens with zero attached hydrogens (tertiary/aromatic N) is 3. The lowest BCUT2D eigenvalue weighted by molar-refractivity contribution is 0.152. The van der Waals surface area contributed by atoms with Crippen LogP contribution in [0.25, 0.3) is 32.6 Å². The largest absolute Gasteiger partial charge is 0.380 e. The summed E-state index contributed by atoms with van der Waals surface area (Å²) in [5.41, 5.74) is 10.6. The molecule has 5 nitrogen and oxygen atoms in total. The van der Waals surface area contributed by atoms with E-state index in [4.69, 9.17) is 9.72 Å². The van der Waals surface area contributed by atoms with E-state index in [0.29, 0.717) is 12.1 Å². The number of aryl methyl sites for hydroxylation is 1. The summed E-state index contributed by atoms with van der Waals surface area (Å²) >= 11 is 1.62. The average Bonchev–Trinajstić information content (AvgIpc) is 3.25. The van der Waals surface area contributed by atoms with E-state index in [1.807, 2.05) is 23.8 Å². The minimum atomic E-state index is -0.213. The van der Waals surface area contributed by atoms with Gasteiger partial charge < -0.3 is 15.0 Å². The van der Waals surface area contributed by atoms with Crippen LogP contribution in [0, 0.1) is 12.7 Å². The first-order chi connectivity index (χ1) is 18.6. The molecule has 5 aromatic rings. The smallest absolute Gasteiger partial charge is 0.126 e. The Kier molecular flexibility index (Phi) is 7.03. The van der Waals surface area contributed by atoms with Crippen LogP contribution in [0.15, 0.2) is 78.4 Å². The normalized spacial score (nSPS) is 14.0. The fourth-order valence-electron chi connectivity index (χ4n) is 4.86. The van der Waals surface area contributed by atoms with Crippen molar-refractivity contribution in [2.45, 2.75) is 19.9 Å².